The highest BCUT2D eigenvalue weighted by atomic mass is 16.5. The van der Waals surface area contributed by atoms with Gasteiger partial charge in [-0.15, -0.1) is 0 Å². The number of esters is 2. The van der Waals surface area contributed by atoms with Crippen molar-refractivity contribution in [1.29, 1.82) is 0 Å². The Morgan fingerprint density at radius 2 is 1.64 bits per heavy atom. The van der Waals surface area contributed by atoms with Crippen molar-refractivity contribution in [2.45, 2.75) is 41.5 Å². The molecule has 0 saturated heterocycles. The van der Waals surface area contributed by atoms with Crippen LogP contribution in [0.15, 0.2) is 21.8 Å². The molecule has 0 spiro atoms. The molecular weight excluding hydrogens is 320 g/mol. The number of hydrogen-bond acceptors (Lipinski definition) is 5. The standard InChI is InChI=1S/C19H24N2O4/c1-7-24-18(22)16-10(3)12(5)20-14(16)9-15-17(19(23)25-8-2)11(4)13(6)21-15/h9,20H,7-8H2,1-6H3. The molecule has 0 aliphatic carbocycles. The number of nitrogens with one attached hydrogen (secondary N) is 1. The number of carbonyl (C=O) groups excluding carboxylic acids is 2. The van der Waals surface area contributed by atoms with Crippen LogP contribution in [0.5, 0.6) is 0 Å². The highest BCUT2D eigenvalue weighted by molar-refractivity contribution is 6.13. The Labute approximate surface area is 147 Å². The smallest absolute Gasteiger partial charge is 0.340 e. The third-order valence-corrected chi connectivity index (χ3v) is 4.23. The maximum atomic E-state index is 12.3. The lowest BCUT2D eigenvalue weighted by Gasteiger charge is -2.06. The van der Waals surface area contributed by atoms with E-state index >= 15 is 0 Å². The molecule has 0 amide bonds. The first-order valence-corrected chi connectivity index (χ1v) is 8.33. The molecule has 1 N–H and O–H groups in total. The predicted molar refractivity (Wildman–Crippen MR) is 96.6 cm³/mol. The summed E-state index contributed by atoms with van der Waals surface area (Å²) in [6.07, 6.45) is 1.71. The minimum atomic E-state index is -0.412. The van der Waals surface area contributed by atoms with Gasteiger partial charge in [-0.05, 0) is 58.8 Å². The van der Waals surface area contributed by atoms with Gasteiger partial charge in [-0.25, -0.2) is 9.59 Å². The summed E-state index contributed by atoms with van der Waals surface area (Å²) in [5.74, 6) is -0.808. The Morgan fingerprint density at radius 3 is 2.24 bits per heavy atom. The van der Waals surface area contributed by atoms with E-state index in [-0.39, 0.29) is 6.61 Å². The predicted octanol–water partition coefficient (Wildman–Crippen LogP) is 3.50. The molecule has 2 rings (SSSR count). The molecule has 0 radical (unpaired) electrons. The van der Waals surface area contributed by atoms with Gasteiger partial charge in [0.15, 0.2) is 0 Å². The lowest BCUT2D eigenvalue weighted by atomic mass is 10.0. The lowest BCUT2D eigenvalue weighted by molar-refractivity contribution is -0.138. The summed E-state index contributed by atoms with van der Waals surface area (Å²) >= 11 is 0. The van der Waals surface area contributed by atoms with E-state index in [0.29, 0.717) is 29.1 Å². The summed E-state index contributed by atoms with van der Waals surface area (Å²) in [5.41, 5.74) is 5.19. The van der Waals surface area contributed by atoms with Crippen molar-refractivity contribution in [3.63, 3.8) is 0 Å². The second kappa shape index (κ2) is 7.51. The number of ether oxygens (including phenoxy) is 2. The van der Waals surface area contributed by atoms with Crippen molar-refractivity contribution in [3.8, 4) is 0 Å². The van der Waals surface area contributed by atoms with Gasteiger partial charge in [-0.1, -0.05) is 0 Å². The average Bonchev–Trinajstić information content (AvgIpc) is 2.97. The summed E-state index contributed by atoms with van der Waals surface area (Å²) < 4.78 is 10.3. The number of H-pyrrole nitrogens is 1. The van der Waals surface area contributed by atoms with Crippen molar-refractivity contribution in [1.82, 2.24) is 4.98 Å². The Bertz CT molecular complexity index is 810. The second-order valence-corrected chi connectivity index (χ2v) is 5.83. The zero-order valence-electron chi connectivity index (χ0n) is 15.6. The van der Waals surface area contributed by atoms with Crippen LogP contribution in [0.4, 0.5) is 0 Å². The van der Waals surface area contributed by atoms with Crippen LogP contribution in [0.3, 0.4) is 0 Å². The highest BCUT2D eigenvalue weighted by Crippen LogP contribution is 2.30. The van der Waals surface area contributed by atoms with E-state index in [4.69, 9.17) is 9.47 Å². The van der Waals surface area contributed by atoms with Crippen LogP contribution in [0.1, 0.15) is 55.0 Å². The van der Waals surface area contributed by atoms with Crippen LogP contribution in [-0.2, 0) is 14.3 Å². The molecule has 0 fully saturated rings. The minimum absolute atomic E-state index is 0.288. The van der Waals surface area contributed by atoms with E-state index in [9.17, 15) is 9.59 Å². The van der Waals surface area contributed by atoms with E-state index < -0.39 is 11.9 Å². The average molecular weight is 344 g/mol. The molecule has 0 bridgehead atoms. The quantitative estimate of drug-likeness (QED) is 0.829. The molecule has 1 aliphatic rings. The molecule has 0 atom stereocenters. The number of carbonyl (C=O) groups is 2. The van der Waals surface area contributed by atoms with Gasteiger partial charge >= 0.3 is 11.9 Å². The highest BCUT2D eigenvalue weighted by Gasteiger charge is 2.27. The van der Waals surface area contributed by atoms with E-state index in [1.54, 1.807) is 19.9 Å². The largest absolute Gasteiger partial charge is 0.462 e. The molecular formula is C19H24N2O4. The molecule has 1 aromatic rings. The molecule has 25 heavy (non-hydrogen) atoms. The first-order chi connectivity index (χ1) is 11.8. The lowest BCUT2D eigenvalue weighted by Crippen LogP contribution is -2.10. The van der Waals surface area contributed by atoms with Gasteiger partial charge in [-0.2, -0.15) is 0 Å². The summed E-state index contributed by atoms with van der Waals surface area (Å²) in [5, 5.41) is 0. The fourth-order valence-corrected chi connectivity index (χ4v) is 2.72. The normalized spacial score (nSPS) is 15.6. The fraction of sp³-hybridized carbons (Fsp3) is 0.421. The zero-order chi connectivity index (χ0) is 18.7. The maximum Gasteiger partial charge on any atom is 0.340 e. The summed E-state index contributed by atoms with van der Waals surface area (Å²) in [4.78, 5) is 32.3. The topological polar surface area (TPSA) is 80.8 Å². The van der Waals surface area contributed by atoms with Crippen LogP contribution in [-0.4, -0.2) is 35.8 Å². The van der Waals surface area contributed by atoms with Gasteiger partial charge in [0.25, 0.3) is 0 Å². The van der Waals surface area contributed by atoms with Gasteiger partial charge < -0.3 is 14.5 Å². The third kappa shape index (κ3) is 3.57. The summed E-state index contributed by atoms with van der Waals surface area (Å²) in [7, 11) is 0. The zero-order valence-corrected chi connectivity index (χ0v) is 15.6. The van der Waals surface area contributed by atoms with Crippen molar-refractivity contribution in [2.24, 2.45) is 4.99 Å². The molecule has 1 aliphatic heterocycles. The van der Waals surface area contributed by atoms with Crippen LogP contribution >= 0.6 is 0 Å². The number of aryl methyl sites for hydroxylation is 1. The van der Waals surface area contributed by atoms with Gasteiger partial charge in [0.05, 0.1) is 35.7 Å². The second-order valence-electron chi connectivity index (χ2n) is 5.83. The van der Waals surface area contributed by atoms with E-state index in [2.05, 4.69) is 9.98 Å². The molecule has 1 aromatic heterocycles. The Morgan fingerprint density at radius 1 is 1.04 bits per heavy atom. The first kappa shape index (κ1) is 18.7. The number of aromatic amines is 1. The number of aliphatic imine (C=N–C) groups is 1. The van der Waals surface area contributed by atoms with Crippen molar-refractivity contribution in [3.05, 3.63) is 39.4 Å². The number of rotatable bonds is 5. The van der Waals surface area contributed by atoms with E-state index in [0.717, 1.165) is 22.5 Å². The van der Waals surface area contributed by atoms with Crippen molar-refractivity contribution >= 4 is 23.7 Å². The van der Waals surface area contributed by atoms with Crippen molar-refractivity contribution in [2.75, 3.05) is 13.2 Å². The number of hydrogen-bond donors (Lipinski definition) is 1. The van der Waals surface area contributed by atoms with Crippen LogP contribution in [0.25, 0.3) is 6.08 Å². The fourth-order valence-electron chi connectivity index (χ4n) is 2.72. The molecule has 6 nitrogen and oxygen atoms in total. The monoisotopic (exact) mass is 344 g/mol. The summed E-state index contributed by atoms with van der Waals surface area (Å²) in [6, 6.07) is 0. The molecule has 0 aromatic carbocycles. The molecule has 0 unspecified atom stereocenters. The van der Waals surface area contributed by atoms with Crippen LogP contribution < -0.4 is 0 Å². The summed E-state index contributed by atoms with van der Waals surface area (Å²) in [6.45, 7) is 11.5. The van der Waals surface area contributed by atoms with Crippen LogP contribution in [0, 0.1) is 13.8 Å². The molecule has 2 heterocycles. The number of aromatic nitrogens is 1. The third-order valence-electron chi connectivity index (χ3n) is 4.23. The number of nitrogens with zero attached hydrogens (tertiary/aromatic N) is 1. The van der Waals surface area contributed by atoms with Gasteiger partial charge in [0, 0.05) is 11.4 Å². The Balaban J connectivity index is 2.55. The van der Waals surface area contributed by atoms with Crippen molar-refractivity contribution < 1.29 is 19.1 Å². The van der Waals surface area contributed by atoms with Gasteiger partial charge in [0.2, 0.25) is 0 Å². The maximum absolute atomic E-state index is 12.3. The molecule has 134 valence electrons. The Hall–Kier alpha value is -2.63. The number of allylic oxidation sites excluding steroid dienone is 1. The van der Waals surface area contributed by atoms with E-state index in [1.165, 1.54) is 0 Å². The Kier molecular flexibility index (Phi) is 5.62. The van der Waals surface area contributed by atoms with Gasteiger partial charge in [0.1, 0.15) is 0 Å². The van der Waals surface area contributed by atoms with E-state index in [1.807, 2.05) is 27.7 Å². The van der Waals surface area contributed by atoms with Crippen LogP contribution in [0.2, 0.25) is 0 Å². The first-order valence-electron chi connectivity index (χ1n) is 8.33. The minimum Gasteiger partial charge on any atom is -0.462 e. The molecule has 0 saturated carbocycles. The van der Waals surface area contributed by atoms with Gasteiger partial charge in [-0.3, -0.25) is 4.99 Å². The molecule has 6 heteroatoms. The SMILES string of the molecule is CCOC(=O)C1=C(C)C(C)=NC1=Cc1[nH]c(C)c(C)c1C(=O)OCC.